The summed E-state index contributed by atoms with van der Waals surface area (Å²) in [6.45, 7) is 7.01. The Labute approximate surface area is 133 Å². The van der Waals surface area contributed by atoms with Crippen molar-refractivity contribution in [2.24, 2.45) is 0 Å². The van der Waals surface area contributed by atoms with Gasteiger partial charge in [0.1, 0.15) is 12.4 Å². The molecule has 2 heteroatoms. The minimum Gasteiger partial charge on any atom is -0.505 e. The lowest BCUT2D eigenvalue weighted by Crippen LogP contribution is -2.14. The Kier molecular flexibility index (Phi) is 5.26. The van der Waals surface area contributed by atoms with Gasteiger partial charge in [0.25, 0.3) is 0 Å². The highest BCUT2D eigenvalue weighted by Crippen LogP contribution is 2.29. The number of aryl methyl sites for hydroxylation is 1. The second-order valence-corrected chi connectivity index (χ2v) is 6.01. The van der Waals surface area contributed by atoms with E-state index in [2.05, 4.69) is 57.2 Å². The van der Waals surface area contributed by atoms with Gasteiger partial charge in [-0.2, -0.15) is 0 Å². The first-order valence-electron chi connectivity index (χ1n) is 7.51. The molecule has 0 amide bonds. The van der Waals surface area contributed by atoms with Crippen LogP contribution in [0.25, 0.3) is 0 Å². The van der Waals surface area contributed by atoms with Crippen LogP contribution < -0.4 is 4.74 Å². The van der Waals surface area contributed by atoms with Gasteiger partial charge in [-0.05, 0) is 35.8 Å². The van der Waals surface area contributed by atoms with Gasteiger partial charge in [-0.15, -0.1) is 0 Å². The molecule has 0 saturated heterocycles. The van der Waals surface area contributed by atoms with Crippen LogP contribution in [0.4, 0.5) is 0 Å². The lowest BCUT2D eigenvalue weighted by molar-refractivity contribution is 0.304. The Morgan fingerprint density at radius 1 is 1.05 bits per heavy atom. The third kappa shape index (κ3) is 4.14. The SMILES string of the molecule is CO/C=C/C(C)(C)c1ccc(OCc2ccccc2)c(C)c1. The molecule has 0 N–H and O–H groups in total. The minimum absolute atomic E-state index is 0.0707. The number of benzene rings is 2. The Bertz CT molecular complexity index is 627. The maximum atomic E-state index is 5.93. The fourth-order valence-electron chi connectivity index (χ4n) is 2.28. The van der Waals surface area contributed by atoms with Gasteiger partial charge in [-0.3, -0.25) is 0 Å². The number of hydrogen-bond donors (Lipinski definition) is 0. The first-order chi connectivity index (χ1) is 10.5. The summed E-state index contributed by atoms with van der Waals surface area (Å²) in [7, 11) is 1.67. The predicted octanol–water partition coefficient (Wildman–Crippen LogP) is 5.01. The van der Waals surface area contributed by atoms with Gasteiger partial charge >= 0.3 is 0 Å². The fraction of sp³-hybridized carbons (Fsp3) is 0.300. The van der Waals surface area contributed by atoms with E-state index in [9.17, 15) is 0 Å². The number of hydrogen-bond acceptors (Lipinski definition) is 2. The second-order valence-electron chi connectivity index (χ2n) is 6.01. The van der Waals surface area contributed by atoms with Crippen molar-refractivity contribution in [2.45, 2.75) is 32.8 Å². The van der Waals surface area contributed by atoms with Crippen LogP contribution in [0.1, 0.15) is 30.5 Å². The van der Waals surface area contributed by atoms with Crippen LogP contribution >= 0.6 is 0 Å². The van der Waals surface area contributed by atoms with Crippen molar-refractivity contribution >= 4 is 0 Å². The molecule has 0 fully saturated rings. The lowest BCUT2D eigenvalue weighted by atomic mass is 9.84. The summed E-state index contributed by atoms with van der Waals surface area (Å²) < 4.78 is 11.0. The molecule has 0 aromatic heterocycles. The number of methoxy groups -OCH3 is 1. The van der Waals surface area contributed by atoms with Gasteiger partial charge in [0, 0.05) is 5.41 Å². The highest BCUT2D eigenvalue weighted by molar-refractivity contribution is 5.40. The lowest BCUT2D eigenvalue weighted by Gasteiger charge is -2.22. The van der Waals surface area contributed by atoms with Crippen molar-refractivity contribution in [3.8, 4) is 5.75 Å². The molecule has 0 unspecified atom stereocenters. The highest BCUT2D eigenvalue weighted by atomic mass is 16.5. The summed E-state index contributed by atoms with van der Waals surface area (Å²) in [6.07, 6.45) is 3.79. The first kappa shape index (κ1) is 16.2. The summed E-state index contributed by atoms with van der Waals surface area (Å²) in [5.74, 6) is 0.930. The van der Waals surface area contributed by atoms with E-state index in [0.717, 1.165) is 11.3 Å². The molecule has 2 aromatic rings. The molecule has 0 saturated carbocycles. The monoisotopic (exact) mass is 296 g/mol. The van der Waals surface area contributed by atoms with E-state index < -0.39 is 0 Å². The van der Waals surface area contributed by atoms with Crippen LogP contribution in [0.15, 0.2) is 60.9 Å². The standard InChI is InChI=1S/C20H24O2/c1-16-14-18(20(2,3)12-13-21-4)10-11-19(16)22-15-17-8-6-5-7-9-17/h5-14H,15H2,1-4H3/b13-12+. The third-order valence-electron chi connectivity index (χ3n) is 3.78. The molecule has 22 heavy (non-hydrogen) atoms. The van der Waals surface area contributed by atoms with Crippen LogP contribution in [0.5, 0.6) is 5.75 Å². The number of rotatable bonds is 6. The zero-order chi connectivity index (χ0) is 16.0. The molecule has 0 bridgehead atoms. The van der Waals surface area contributed by atoms with Gasteiger partial charge < -0.3 is 9.47 Å². The maximum Gasteiger partial charge on any atom is 0.122 e. The van der Waals surface area contributed by atoms with Crippen LogP contribution in [0.3, 0.4) is 0 Å². The molecular weight excluding hydrogens is 272 g/mol. The Morgan fingerprint density at radius 3 is 2.41 bits per heavy atom. The zero-order valence-corrected chi connectivity index (χ0v) is 13.8. The van der Waals surface area contributed by atoms with E-state index in [4.69, 9.17) is 9.47 Å². The zero-order valence-electron chi connectivity index (χ0n) is 13.8. The van der Waals surface area contributed by atoms with Crippen molar-refractivity contribution in [1.82, 2.24) is 0 Å². The topological polar surface area (TPSA) is 18.5 Å². The average Bonchev–Trinajstić information content (AvgIpc) is 2.52. The van der Waals surface area contributed by atoms with Crippen LogP contribution in [-0.4, -0.2) is 7.11 Å². The summed E-state index contributed by atoms with van der Waals surface area (Å²) in [5, 5.41) is 0. The normalized spacial score (nSPS) is 11.6. The fourth-order valence-corrected chi connectivity index (χ4v) is 2.28. The highest BCUT2D eigenvalue weighted by Gasteiger charge is 2.18. The van der Waals surface area contributed by atoms with Crippen LogP contribution in [0, 0.1) is 6.92 Å². The molecule has 2 rings (SSSR count). The van der Waals surface area contributed by atoms with E-state index in [0.29, 0.717) is 6.61 Å². The Balaban J connectivity index is 2.11. The smallest absolute Gasteiger partial charge is 0.122 e. The van der Waals surface area contributed by atoms with Crippen molar-refractivity contribution in [3.63, 3.8) is 0 Å². The molecule has 0 radical (unpaired) electrons. The summed E-state index contributed by atoms with van der Waals surface area (Å²) in [5.41, 5.74) is 3.49. The molecule has 2 nitrogen and oxygen atoms in total. The molecule has 0 spiro atoms. The van der Waals surface area contributed by atoms with Crippen LogP contribution in [0.2, 0.25) is 0 Å². The van der Waals surface area contributed by atoms with Gasteiger partial charge in [-0.25, -0.2) is 0 Å². The first-order valence-corrected chi connectivity index (χ1v) is 7.51. The van der Waals surface area contributed by atoms with Crippen molar-refractivity contribution in [2.75, 3.05) is 7.11 Å². The van der Waals surface area contributed by atoms with Gasteiger partial charge in [-0.1, -0.05) is 56.3 Å². The molecule has 2 aromatic carbocycles. The van der Waals surface area contributed by atoms with Crippen molar-refractivity contribution in [3.05, 3.63) is 77.6 Å². The number of allylic oxidation sites excluding steroid dienone is 1. The second kappa shape index (κ2) is 7.17. The van der Waals surface area contributed by atoms with Crippen molar-refractivity contribution < 1.29 is 9.47 Å². The van der Waals surface area contributed by atoms with Crippen LogP contribution in [-0.2, 0) is 16.8 Å². The van der Waals surface area contributed by atoms with Gasteiger partial charge in [0.15, 0.2) is 0 Å². The predicted molar refractivity (Wildman–Crippen MR) is 91.1 cm³/mol. The van der Waals surface area contributed by atoms with E-state index in [1.165, 1.54) is 11.1 Å². The Morgan fingerprint density at radius 2 is 1.77 bits per heavy atom. The number of ether oxygens (including phenoxy) is 2. The molecule has 0 atom stereocenters. The molecule has 116 valence electrons. The molecule has 0 aliphatic rings. The Hall–Kier alpha value is -2.22. The minimum atomic E-state index is -0.0707. The molecule has 0 aliphatic carbocycles. The third-order valence-corrected chi connectivity index (χ3v) is 3.78. The van der Waals surface area contributed by atoms with E-state index in [-0.39, 0.29) is 5.41 Å². The van der Waals surface area contributed by atoms with Gasteiger partial charge in [0.05, 0.1) is 13.4 Å². The quantitative estimate of drug-likeness (QED) is 0.697. The maximum absolute atomic E-state index is 5.93. The molecular formula is C20H24O2. The molecule has 0 aliphatic heterocycles. The molecule has 0 heterocycles. The van der Waals surface area contributed by atoms with E-state index >= 15 is 0 Å². The van der Waals surface area contributed by atoms with Gasteiger partial charge in [0.2, 0.25) is 0 Å². The van der Waals surface area contributed by atoms with E-state index in [1.54, 1.807) is 13.4 Å². The summed E-state index contributed by atoms with van der Waals surface area (Å²) in [6, 6.07) is 16.6. The summed E-state index contributed by atoms with van der Waals surface area (Å²) >= 11 is 0. The van der Waals surface area contributed by atoms with E-state index in [1.807, 2.05) is 18.2 Å². The summed E-state index contributed by atoms with van der Waals surface area (Å²) in [4.78, 5) is 0. The average molecular weight is 296 g/mol. The van der Waals surface area contributed by atoms with Crippen molar-refractivity contribution in [1.29, 1.82) is 0 Å². The largest absolute Gasteiger partial charge is 0.505 e.